The molecule has 5 aliphatic rings. The summed E-state index contributed by atoms with van der Waals surface area (Å²) in [6.07, 6.45) is 29.7. The Morgan fingerprint density at radius 3 is 2.05 bits per heavy atom. The minimum Gasteiger partial charge on any atom is -0.463 e. The molecule has 4 fully saturated rings. The van der Waals surface area contributed by atoms with Crippen molar-refractivity contribution >= 4 is 5.97 Å². The first kappa shape index (κ1) is 49.8. The molecule has 3 saturated carbocycles. The van der Waals surface area contributed by atoms with Crippen molar-refractivity contribution in [2.45, 2.75) is 252 Å². The molecule has 0 aromatic heterocycles. The van der Waals surface area contributed by atoms with Crippen LogP contribution in [0.2, 0.25) is 0 Å². The van der Waals surface area contributed by atoms with Crippen molar-refractivity contribution in [3.8, 4) is 0 Å². The van der Waals surface area contributed by atoms with Crippen molar-refractivity contribution in [3.63, 3.8) is 0 Å². The summed E-state index contributed by atoms with van der Waals surface area (Å²) < 4.78 is 18.1. The van der Waals surface area contributed by atoms with Crippen molar-refractivity contribution < 1.29 is 34.3 Å². The molecule has 1 aliphatic heterocycles. The molecule has 0 radical (unpaired) electrons. The third-order valence-corrected chi connectivity index (χ3v) is 17.2. The van der Waals surface area contributed by atoms with E-state index in [0.717, 1.165) is 68.6 Å². The normalized spacial score (nSPS) is 36.0. The number of rotatable bonds is 25. The first-order chi connectivity index (χ1) is 28.8. The zero-order valence-corrected chi connectivity index (χ0v) is 39.6. The highest BCUT2D eigenvalue weighted by atomic mass is 16.7. The van der Waals surface area contributed by atoms with Gasteiger partial charge in [-0.3, -0.25) is 4.79 Å². The van der Waals surface area contributed by atoms with Crippen LogP contribution >= 0.6 is 0 Å². The number of hydrogen-bond acceptors (Lipinski definition) is 7. The summed E-state index contributed by atoms with van der Waals surface area (Å²) in [4.78, 5) is 12.6. The molecular formula is C53H92O7. The van der Waals surface area contributed by atoms with Gasteiger partial charge in [-0.25, -0.2) is 0 Å². The molecule has 0 unspecified atom stereocenters. The van der Waals surface area contributed by atoms with E-state index in [4.69, 9.17) is 14.2 Å². The van der Waals surface area contributed by atoms with Gasteiger partial charge in [-0.2, -0.15) is 0 Å². The maximum absolute atomic E-state index is 12.6. The SMILES string of the molecule is C/C=C(/CC[C@@H](C)[C@H]1CC[C@H]2[C@@H]3CC=C4C[C@@H](O[C@@H]5O[C@H](COC(=O)CCCCCCCCCCCCCCCCC)[C@@H](O)[C@H](O)[C@H]5O)CC[C@]4(C)[C@H]3CC[C@]12C)C(C)C. The summed E-state index contributed by atoms with van der Waals surface area (Å²) in [7, 11) is 0. The lowest BCUT2D eigenvalue weighted by Gasteiger charge is -2.58. The Hall–Kier alpha value is -1.25. The Morgan fingerprint density at radius 2 is 1.43 bits per heavy atom. The third-order valence-electron chi connectivity index (χ3n) is 17.2. The molecule has 7 nitrogen and oxygen atoms in total. The minimum absolute atomic E-state index is 0.144. The number of aliphatic hydroxyl groups is 3. The number of fused-ring (bicyclic) bond motifs is 5. The first-order valence-electron chi connectivity index (χ1n) is 25.7. The number of aliphatic hydroxyl groups excluding tert-OH is 3. The van der Waals surface area contributed by atoms with Crippen LogP contribution < -0.4 is 0 Å². The van der Waals surface area contributed by atoms with Gasteiger partial charge in [0.05, 0.1) is 6.10 Å². The minimum atomic E-state index is -1.44. The number of ether oxygens (including phenoxy) is 3. The molecule has 1 saturated heterocycles. The Balaban J connectivity index is 1.01. The van der Waals surface area contributed by atoms with Crippen LogP contribution in [0.15, 0.2) is 23.3 Å². The lowest BCUT2D eigenvalue weighted by atomic mass is 9.47. The van der Waals surface area contributed by atoms with Gasteiger partial charge in [0, 0.05) is 6.42 Å². The van der Waals surface area contributed by atoms with Crippen molar-refractivity contribution in [1.82, 2.24) is 0 Å². The molecule has 0 amide bonds. The molecule has 13 atom stereocenters. The summed E-state index contributed by atoms with van der Waals surface area (Å²) >= 11 is 0. The van der Waals surface area contributed by atoms with Gasteiger partial charge in [0.2, 0.25) is 0 Å². The summed E-state index contributed by atoms with van der Waals surface area (Å²) in [5, 5.41) is 32.5. The van der Waals surface area contributed by atoms with Crippen LogP contribution in [0.5, 0.6) is 0 Å². The first-order valence-corrected chi connectivity index (χ1v) is 25.7. The van der Waals surface area contributed by atoms with E-state index in [1.54, 1.807) is 5.57 Å². The average molecular weight is 841 g/mol. The lowest BCUT2D eigenvalue weighted by Crippen LogP contribution is -2.60. The van der Waals surface area contributed by atoms with E-state index < -0.39 is 30.7 Å². The smallest absolute Gasteiger partial charge is 0.305 e. The molecular weight excluding hydrogens is 749 g/mol. The molecule has 346 valence electrons. The summed E-state index contributed by atoms with van der Waals surface area (Å²) in [5.41, 5.74) is 3.71. The second-order valence-corrected chi connectivity index (χ2v) is 21.4. The number of esters is 1. The van der Waals surface area contributed by atoms with E-state index in [-0.39, 0.29) is 24.1 Å². The molecule has 4 aliphatic carbocycles. The monoisotopic (exact) mass is 841 g/mol. The van der Waals surface area contributed by atoms with Gasteiger partial charge in [-0.15, -0.1) is 0 Å². The highest BCUT2D eigenvalue weighted by Crippen LogP contribution is 2.67. The molecule has 1 heterocycles. The molecule has 60 heavy (non-hydrogen) atoms. The number of unbranched alkanes of at least 4 members (excludes halogenated alkanes) is 14. The van der Waals surface area contributed by atoms with Crippen molar-refractivity contribution in [2.75, 3.05) is 6.61 Å². The molecule has 0 aromatic carbocycles. The van der Waals surface area contributed by atoms with Crippen molar-refractivity contribution in [1.29, 1.82) is 0 Å². The average Bonchev–Trinajstić information content (AvgIpc) is 3.59. The number of allylic oxidation sites excluding steroid dienone is 3. The predicted molar refractivity (Wildman–Crippen MR) is 244 cm³/mol. The van der Waals surface area contributed by atoms with E-state index in [1.165, 1.54) is 121 Å². The third kappa shape index (κ3) is 12.7. The van der Waals surface area contributed by atoms with Crippen LogP contribution in [-0.4, -0.2) is 64.7 Å². The van der Waals surface area contributed by atoms with E-state index in [2.05, 4.69) is 60.6 Å². The van der Waals surface area contributed by atoms with Gasteiger partial charge in [0.15, 0.2) is 6.29 Å². The zero-order chi connectivity index (χ0) is 43.3. The fraction of sp³-hybridized carbons (Fsp3) is 0.906. The maximum Gasteiger partial charge on any atom is 0.305 e. The summed E-state index contributed by atoms with van der Waals surface area (Å²) in [5.74, 6) is 4.14. The largest absolute Gasteiger partial charge is 0.463 e. The second kappa shape index (κ2) is 24.2. The Morgan fingerprint density at radius 1 is 0.800 bits per heavy atom. The Bertz CT molecular complexity index is 1340. The highest BCUT2D eigenvalue weighted by Gasteiger charge is 2.59. The summed E-state index contributed by atoms with van der Waals surface area (Å²) in [6, 6.07) is 0. The lowest BCUT2D eigenvalue weighted by molar-refractivity contribution is -0.313. The van der Waals surface area contributed by atoms with Gasteiger partial charge in [0.1, 0.15) is 31.0 Å². The fourth-order valence-electron chi connectivity index (χ4n) is 13.3. The van der Waals surface area contributed by atoms with E-state index in [9.17, 15) is 20.1 Å². The molecule has 0 spiro atoms. The van der Waals surface area contributed by atoms with Crippen LogP contribution in [0, 0.1) is 46.3 Å². The number of hydrogen-bond donors (Lipinski definition) is 3. The number of carbonyl (C=O) groups is 1. The van der Waals surface area contributed by atoms with Crippen LogP contribution in [0.4, 0.5) is 0 Å². The van der Waals surface area contributed by atoms with E-state index in [0.29, 0.717) is 23.7 Å². The van der Waals surface area contributed by atoms with Crippen LogP contribution in [0.1, 0.15) is 215 Å². The van der Waals surface area contributed by atoms with Crippen LogP contribution in [0.25, 0.3) is 0 Å². The molecule has 0 bridgehead atoms. The maximum atomic E-state index is 12.6. The zero-order valence-electron chi connectivity index (χ0n) is 39.6. The molecule has 5 rings (SSSR count). The topological polar surface area (TPSA) is 105 Å². The van der Waals surface area contributed by atoms with Gasteiger partial charge in [0.25, 0.3) is 0 Å². The highest BCUT2D eigenvalue weighted by molar-refractivity contribution is 5.69. The molecule has 3 N–H and O–H groups in total. The van der Waals surface area contributed by atoms with Gasteiger partial charge in [-0.1, -0.05) is 155 Å². The Kier molecular flexibility index (Phi) is 20.0. The van der Waals surface area contributed by atoms with E-state index >= 15 is 0 Å². The second-order valence-electron chi connectivity index (χ2n) is 21.4. The van der Waals surface area contributed by atoms with Crippen molar-refractivity contribution in [2.24, 2.45) is 46.3 Å². The quantitative estimate of drug-likeness (QED) is 0.0477. The van der Waals surface area contributed by atoms with Crippen molar-refractivity contribution in [3.05, 3.63) is 23.3 Å². The molecule has 0 aromatic rings. The molecule has 7 heteroatoms. The van der Waals surface area contributed by atoms with E-state index in [1.807, 2.05) is 0 Å². The number of carbonyl (C=O) groups excluding carboxylic acids is 1. The summed E-state index contributed by atoms with van der Waals surface area (Å²) in [6.45, 7) is 16.7. The van der Waals surface area contributed by atoms with Crippen LogP contribution in [-0.2, 0) is 19.0 Å². The van der Waals surface area contributed by atoms with Gasteiger partial charge < -0.3 is 29.5 Å². The van der Waals surface area contributed by atoms with Crippen LogP contribution in [0.3, 0.4) is 0 Å². The fourth-order valence-corrected chi connectivity index (χ4v) is 13.3. The Labute approximate surface area is 367 Å². The van der Waals surface area contributed by atoms with Gasteiger partial charge in [-0.05, 0) is 124 Å². The van der Waals surface area contributed by atoms with Gasteiger partial charge >= 0.3 is 5.97 Å². The predicted octanol–water partition coefficient (Wildman–Crippen LogP) is 12.6. The standard InChI is InChI=1S/C53H92O7/c1-8-10-11-12-13-14-15-16-17-18-19-20-21-22-23-24-47(54)58-36-46-48(55)49(56)50(57)51(60-46)59-41-31-33-52(6)40(35-41)27-28-42-44-30-29-43(53(44,7)34-32-45(42)52)38(5)25-26-39(9-2)37(3)4/h9,27,37-38,41-46,48-51,55-57H,8,10-26,28-36H2,1-7H3/b39-9-/t38-,41+,42+,43-,44+,45+,46-,48-,49+,50-,51-,52+,53-/m1/s1.